The van der Waals surface area contributed by atoms with Gasteiger partial charge in [0.05, 0.1) is 10.8 Å². The summed E-state index contributed by atoms with van der Waals surface area (Å²) < 4.78 is 12.1. The Morgan fingerprint density at radius 3 is 2.57 bits per heavy atom. The van der Waals surface area contributed by atoms with Crippen molar-refractivity contribution in [2.75, 3.05) is 13.1 Å². The molecule has 1 aromatic rings. The molecule has 1 aliphatic rings. The van der Waals surface area contributed by atoms with Crippen LogP contribution >= 0.6 is 0 Å². The Morgan fingerprint density at radius 1 is 1.29 bits per heavy atom. The molecule has 0 aromatic carbocycles. The van der Waals surface area contributed by atoms with Crippen LogP contribution in [0.5, 0.6) is 0 Å². The first-order chi connectivity index (χ1) is 6.88. The summed E-state index contributed by atoms with van der Waals surface area (Å²) in [6.07, 6.45) is 5.42. The van der Waals surface area contributed by atoms with Crippen molar-refractivity contribution in [1.29, 1.82) is 0 Å². The van der Waals surface area contributed by atoms with Gasteiger partial charge >= 0.3 is 0 Å². The third kappa shape index (κ3) is 2.19. The predicted octanol–water partition coefficient (Wildman–Crippen LogP) is 0.941. The summed E-state index contributed by atoms with van der Waals surface area (Å²) in [5, 5.41) is 3.59. The third-order valence-corrected chi connectivity index (χ3v) is 4.28. The molecule has 76 valence electrons. The molecule has 0 saturated carbocycles. The Bertz CT molecular complexity index is 309. The molecule has 0 spiro atoms. The highest BCUT2D eigenvalue weighted by molar-refractivity contribution is 7.85. The van der Waals surface area contributed by atoms with Crippen LogP contribution in [0.25, 0.3) is 0 Å². The number of aromatic nitrogens is 1. The summed E-state index contributed by atoms with van der Waals surface area (Å²) in [7, 11) is -0.850. The van der Waals surface area contributed by atoms with E-state index in [9.17, 15) is 4.21 Å². The van der Waals surface area contributed by atoms with Gasteiger partial charge in [0.15, 0.2) is 0 Å². The van der Waals surface area contributed by atoms with E-state index in [4.69, 9.17) is 0 Å². The Balaban J connectivity index is 2.07. The molecule has 2 rings (SSSR count). The number of rotatable bonds is 2. The van der Waals surface area contributed by atoms with Crippen LogP contribution in [0.3, 0.4) is 0 Å². The van der Waals surface area contributed by atoms with Gasteiger partial charge in [-0.1, -0.05) is 0 Å². The standard InChI is InChI=1S/C10H14N2OS/c13-14(9-1-5-11-6-2-9)10-3-7-12-8-4-10/h1-2,5-6,10,12H,3-4,7-8H2. The van der Waals surface area contributed by atoms with Crippen molar-refractivity contribution in [3.8, 4) is 0 Å². The van der Waals surface area contributed by atoms with Crippen molar-refractivity contribution in [3.05, 3.63) is 24.5 Å². The highest BCUT2D eigenvalue weighted by Gasteiger charge is 2.20. The molecule has 0 aliphatic carbocycles. The molecule has 4 heteroatoms. The Hall–Kier alpha value is -0.740. The van der Waals surface area contributed by atoms with Crippen LogP contribution in [0.2, 0.25) is 0 Å². The molecule has 1 atom stereocenters. The topological polar surface area (TPSA) is 42.0 Å². The van der Waals surface area contributed by atoms with E-state index in [1.165, 1.54) is 0 Å². The molecule has 1 N–H and O–H groups in total. The Labute approximate surface area is 86.4 Å². The minimum absolute atomic E-state index is 0.318. The maximum Gasteiger partial charge on any atom is 0.0562 e. The summed E-state index contributed by atoms with van der Waals surface area (Å²) in [6.45, 7) is 1.98. The van der Waals surface area contributed by atoms with Crippen molar-refractivity contribution < 1.29 is 4.21 Å². The number of hydrogen-bond donors (Lipinski definition) is 1. The molecule has 0 amide bonds. The predicted molar refractivity (Wildman–Crippen MR) is 56.5 cm³/mol. The fraction of sp³-hybridized carbons (Fsp3) is 0.500. The largest absolute Gasteiger partial charge is 0.317 e. The number of nitrogens with zero attached hydrogens (tertiary/aromatic N) is 1. The molecule has 2 heterocycles. The van der Waals surface area contributed by atoms with E-state index in [1.54, 1.807) is 12.4 Å². The lowest BCUT2D eigenvalue weighted by Crippen LogP contribution is -2.33. The van der Waals surface area contributed by atoms with Crippen LogP contribution < -0.4 is 5.32 Å². The van der Waals surface area contributed by atoms with Gasteiger partial charge < -0.3 is 5.32 Å². The average Bonchev–Trinajstić information content (AvgIpc) is 2.30. The molecule has 0 radical (unpaired) electrons. The molecule has 1 aromatic heterocycles. The zero-order valence-electron chi connectivity index (χ0n) is 7.98. The highest BCUT2D eigenvalue weighted by atomic mass is 32.2. The molecule has 1 unspecified atom stereocenters. The smallest absolute Gasteiger partial charge is 0.0562 e. The van der Waals surface area contributed by atoms with Gasteiger partial charge in [0.25, 0.3) is 0 Å². The minimum atomic E-state index is -0.850. The Morgan fingerprint density at radius 2 is 1.93 bits per heavy atom. The van der Waals surface area contributed by atoms with Crippen molar-refractivity contribution in [2.24, 2.45) is 0 Å². The van der Waals surface area contributed by atoms with Gasteiger partial charge in [-0.15, -0.1) is 0 Å². The highest BCUT2D eigenvalue weighted by Crippen LogP contribution is 2.17. The second-order valence-corrected chi connectivity index (χ2v) is 5.16. The lowest BCUT2D eigenvalue weighted by Gasteiger charge is -2.21. The zero-order valence-corrected chi connectivity index (χ0v) is 8.80. The van der Waals surface area contributed by atoms with Gasteiger partial charge in [-0.25, -0.2) is 0 Å². The number of nitrogens with one attached hydrogen (secondary N) is 1. The van der Waals surface area contributed by atoms with E-state index in [2.05, 4.69) is 10.3 Å². The van der Waals surface area contributed by atoms with E-state index < -0.39 is 10.8 Å². The first kappa shape index (κ1) is 9.80. The maximum absolute atomic E-state index is 12.1. The van der Waals surface area contributed by atoms with Gasteiger partial charge in [0, 0.05) is 22.5 Å². The van der Waals surface area contributed by atoms with Gasteiger partial charge in [-0.2, -0.15) is 0 Å². The van der Waals surface area contributed by atoms with Crippen LogP contribution in [0.4, 0.5) is 0 Å². The van der Waals surface area contributed by atoms with E-state index in [1.807, 2.05) is 12.1 Å². The van der Waals surface area contributed by atoms with E-state index in [-0.39, 0.29) is 0 Å². The lowest BCUT2D eigenvalue weighted by atomic mass is 10.2. The van der Waals surface area contributed by atoms with E-state index in [0.29, 0.717) is 5.25 Å². The second kappa shape index (κ2) is 4.66. The monoisotopic (exact) mass is 210 g/mol. The van der Waals surface area contributed by atoms with Crippen molar-refractivity contribution >= 4 is 10.8 Å². The minimum Gasteiger partial charge on any atom is -0.317 e. The fourth-order valence-electron chi connectivity index (χ4n) is 1.67. The second-order valence-electron chi connectivity index (χ2n) is 3.43. The lowest BCUT2D eigenvalue weighted by molar-refractivity contribution is 0.519. The maximum atomic E-state index is 12.1. The summed E-state index contributed by atoms with van der Waals surface area (Å²) in [6, 6.07) is 3.69. The van der Waals surface area contributed by atoms with E-state index in [0.717, 1.165) is 30.8 Å². The summed E-state index contributed by atoms with van der Waals surface area (Å²) in [5.74, 6) is 0. The quantitative estimate of drug-likeness (QED) is 0.790. The van der Waals surface area contributed by atoms with Crippen LogP contribution in [-0.4, -0.2) is 27.5 Å². The molecular formula is C10H14N2OS. The molecule has 3 nitrogen and oxygen atoms in total. The van der Waals surface area contributed by atoms with Gasteiger partial charge in [0.2, 0.25) is 0 Å². The van der Waals surface area contributed by atoms with Gasteiger partial charge in [0.1, 0.15) is 0 Å². The van der Waals surface area contributed by atoms with Crippen LogP contribution in [0.1, 0.15) is 12.8 Å². The normalized spacial score (nSPS) is 20.6. The first-order valence-corrected chi connectivity index (χ1v) is 6.10. The molecular weight excluding hydrogens is 196 g/mol. The molecule has 0 bridgehead atoms. The van der Waals surface area contributed by atoms with Crippen molar-refractivity contribution in [1.82, 2.24) is 10.3 Å². The van der Waals surface area contributed by atoms with Crippen LogP contribution in [0.15, 0.2) is 29.4 Å². The fourth-order valence-corrected chi connectivity index (χ4v) is 3.11. The van der Waals surface area contributed by atoms with Crippen molar-refractivity contribution in [3.63, 3.8) is 0 Å². The van der Waals surface area contributed by atoms with Gasteiger partial charge in [-0.05, 0) is 38.1 Å². The third-order valence-electron chi connectivity index (χ3n) is 2.47. The number of piperidine rings is 1. The zero-order chi connectivity index (χ0) is 9.80. The number of pyridine rings is 1. The number of hydrogen-bond acceptors (Lipinski definition) is 3. The summed E-state index contributed by atoms with van der Waals surface area (Å²) in [4.78, 5) is 4.84. The molecule has 14 heavy (non-hydrogen) atoms. The average molecular weight is 210 g/mol. The first-order valence-electron chi connectivity index (χ1n) is 4.89. The van der Waals surface area contributed by atoms with Crippen LogP contribution in [0, 0.1) is 0 Å². The Kier molecular flexibility index (Phi) is 3.26. The van der Waals surface area contributed by atoms with Gasteiger partial charge in [-0.3, -0.25) is 9.19 Å². The SMILES string of the molecule is O=S(c1ccncc1)C1CCNCC1. The van der Waals surface area contributed by atoms with Crippen LogP contribution in [-0.2, 0) is 10.8 Å². The molecule has 1 fully saturated rings. The summed E-state index contributed by atoms with van der Waals surface area (Å²) in [5.41, 5.74) is 0. The van der Waals surface area contributed by atoms with Crippen molar-refractivity contribution in [2.45, 2.75) is 23.0 Å². The molecule has 1 saturated heterocycles. The summed E-state index contributed by atoms with van der Waals surface area (Å²) >= 11 is 0. The van der Waals surface area contributed by atoms with E-state index >= 15 is 0 Å². The molecule has 1 aliphatic heterocycles.